The maximum absolute atomic E-state index is 13.1. The van der Waals surface area contributed by atoms with Crippen LogP contribution in [-0.2, 0) is 0 Å². The predicted molar refractivity (Wildman–Crippen MR) is 117 cm³/mol. The van der Waals surface area contributed by atoms with Crippen LogP contribution in [0, 0.1) is 12.7 Å². The Labute approximate surface area is 179 Å². The predicted octanol–water partition coefficient (Wildman–Crippen LogP) is 5.40. The molecule has 0 bridgehead atoms. The number of nitrogens with one attached hydrogen (secondary N) is 1. The number of halogens is 2. The molecular formula is C23H20ClFN4O. The fourth-order valence-corrected chi connectivity index (χ4v) is 3.52. The second-order valence-corrected chi connectivity index (χ2v) is 7.40. The van der Waals surface area contributed by atoms with Crippen molar-refractivity contribution in [3.63, 3.8) is 0 Å². The number of aromatic nitrogens is 3. The maximum atomic E-state index is 13.1. The van der Waals surface area contributed by atoms with Gasteiger partial charge in [0.1, 0.15) is 11.5 Å². The lowest BCUT2D eigenvalue weighted by Crippen LogP contribution is -2.12. The molecule has 1 saturated carbocycles. The van der Waals surface area contributed by atoms with Crippen molar-refractivity contribution < 1.29 is 9.18 Å². The van der Waals surface area contributed by atoms with Gasteiger partial charge in [-0.25, -0.2) is 9.37 Å². The van der Waals surface area contributed by atoms with Gasteiger partial charge in [-0.15, -0.1) is 12.4 Å². The SMILES string of the molecule is Cc1c(C2CC2)nc2ccc(NC(=O)c3ccc(-c4ccc(F)cc4)nc3)cn12.Cl. The molecule has 0 saturated heterocycles. The Balaban J connectivity index is 0.00000218. The molecule has 1 aromatic carbocycles. The van der Waals surface area contributed by atoms with Crippen LogP contribution in [0.3, 0.4) is 0 Å². The average Bonchev–Trinajstić information content (AvgIpc) is 3.53. The highest BCUT2D eigenvalue weighted by molar-refractivity contribution is 6.04. The minimum absolute atomic E-state index is 0. The van der Waals surface area contributed by atoms with Crippen molar-refractivity contribution in [3.8, 4) is 11.3 Å². The number of imidazole rings is 1. The Hall–Kier alpha value is -3.25. The van der Waals surface area contributed by atoms with Crippen molar-refractivity contribution in [2.24, 2.45) is 0 Å². The number of nitrogens with zero attached hydrogens (tertiary/aromatic N) is 3. The molecule has 3 aromatic heterocycles. The first-order chi connectivity index (χ1) is 14.1. The van der Waals surface area contributed by atoms with Gasteiger partial charge in [0, 0.05) is 29.6 Å². The highest BCUT2D eigenvalue weighted by atomic mass is 35.5. The summed E-state index contributed by atoms with van der Waals surface area (Å²) in [6.07, 6.45) is 5.84. The van der Waals surface area contributed by atoms with E-state index in [0.717, 1.165) is 22.6 Å². The minimum Gasteiger partial charge on any atom is -0.321 e. The molecule has 5 rings (SSSR count). The Morgan fingerprint density at radius 3 is 2.53 bits per heavy atom. The maximum Gasteiger partial charge on any atom is 0.257 e. The molecule has 0 aliphatic heterocycles. The third kappa shape index (κ3) is 3.78. The molecule has 0 radical (unpaired) electrons. The van der Waals surface area contributed by atoms with Crippen molar-refractivity contribution in [1.29, 1.82) is 0 Å². The molecular weight excluding hydrogens is 403 g/mol. The summed E-state index contributed by atoms with van der Waals surface area (Å²) in [5, 5.41) is 2.92. The molecule has 1 aliphatic carbocycles. The van der Waals surface area contributed by atoms with E-state index in [0.29, 0.717) is 22.9 Å². The van der Waals surface area contributed by atoms with E-state index in [1.807, 2.05) is 22.7 Å². The van der Waals surface area contributed by atoms with Crippen LogP contribution in [0.5, 0.6) is 0 Å². The third-order valence-corrected chi connectivity index (χ3v) is 5.28. The topological polar surface area (TPSA) is 59.3 Å². The van der Waals surface area contributed by atoms with Gasteiger partial charge in [-0.2, -0.15) is 0 Å². The zero-order chi connectivity index (χ0) is 20.0. The monoisotopic (exact) mass is 422 g/mol. The number of fused-ring (bicyclic) bond motifs is 1. The number of hydrogen-bond donors (Lipinski definition) is 1. The van der Waals surface area contributed by atoms with Gasteiger partial charge >= 0.3 is 0 Å². The van der Waals surface area contributed by atoms with E-state index >= 15 is 0 Å². The molecule has 4 aromatic rings. The molecule has 30 heavy (non-hydrogen) atoms. The quantitative estimate of drug-likeness (QED) is 0.479. The van der Waals surface area contributed by atoms with Gasteiger partial charge in [-0.3, -0.25) is 9.78 Å². The molecule has 3 heterocycles. The first-order valence-corrected chi connectivity index (χ1v) is 9.60. The standard InChI is InChI=1S/C23H19FN4O.ClH/c1-14-22(16-2-3-16)27-21-11-9-19(13-28(14)21)26-23(29)17-6-10-20(25-12-17)15-4-7-18(24)8-5-15;/h4-13,16H,2-3H2,1H3,(H,26,29);1H. The summed E-state index contributed by atoms with van der Waals surface area (Å²) in [4.78, 5) is 21.7. The van der Waals surface area contributed by atoms with Gasteiger partial charge in [-0.1, -0.05) is 0 Å². The van der Waals surface area contributed by atoms with Gasteiger partial charge in [0.25, 0.3) is 5.91 Å². The zero-order valence-electron chi connectivity index (χ0n) is 16.3. The van der Waals surface area contributed by atoms with Crippen LogP contribution in [0.4, 0.5) is 10.1 Å². The van der Waals surface area contributed by atoms with Crippen molar-refractivity contribution in [2.75, 3.05) is 5.32 Å². The Bertz CT molecular complexity index is 1210. The van der Waals surface area contributed by atoms with E-state index in [1.54, 1.807) is 24.3 Å². The van der Waals surface area contributed by atoms with Gasteiger partial charge in [-0.05, 0) is 68.3 Å². The van der Waals surface area contributed by atoms with Crippen molar-refractivity contribution >= 4 is 29.6 Å². The first-order valence-electron chi connectivity index (χ1n) is 9.60. The minimum atomic E-state index is -0.293. The van der Waals surface area contributed by atoms with E-state index in [-0.39, 0.29) is 24.1 Å². The molecule has 1 aliphatic rings. The van der Waals surface area contributed by atoms with E-state index in [1.165, 1.54) is 31.2 Å². The van der Waals surface area contributed by atoms with Crippen molar-refractivity contribution in [3.05, 3.63) is 83.7 Å². The van der Waals surface area contributed by atoms with Gasteiger partial charge in [0.15, 0.2) is 0 Å². The lowest BCUT2D eigenvalue weighted by molar-refractivity contribution is 0.102. The van der Waals surface area contributed by atoms with Crippen LogP contribution in [0.15, 0.2) is 60.9 Å². The molecule has 0 atom stereocenters. The number of aryl methyl sites for hydroxylation is 1. The summed E-state index contributed by atoms with van der Waals surface area (Å²) >= 11 is 0. The van der Waals surface area contributed by atoms with Crippen molar-refractivity contribution in [2.45, 2.75) is 25.7 Å². The fourth-order valence-electron chi connectivity index (χ4n) is 3.52. The lowest BCUT2D eigenvalue weighted by atomic mass is 10.1. The van der Waals surface area contributed by atoms with E-state index in [9.17, 15) is 9.18 Å². The molecule has 5 nitrogen and oxygen atoms in total. The van der Waals surface area contributed by atoms with E-state index in [2.05, 4.69) is 17.2 Å². The molecule has 1 N–H and O–H groups in total. The average molecular weight is 423 g/mol. The number of anilines is 1. The van der Waals surface area contributed by atoms with Crippen LogP contribution in [0.2, 0.25) is 0 Å². The largest absolute Gasteiger partial charge is 0.321 e. The van der Waals surface area contributed by atoms with Crippen LogP contribution < -0.4 is 5.32 Å². The number of benzene rings is 1. The Kier molecular flexibility index (Phi) is 5.26. The number of carbonyl (C=O) groups is 1. The number of carbonyl (C=O) groups excluding carboxylic acids is 1. The number of pyridine rings is 2. The highest BCUT2D eigenvalue weighted by Gasteiger charge is 2.28. The summed E-state index contributed by atoms with van der Waals surface area (Å²) in [6.45, 7) is 2.07. The summed E-state index contributed by atoms with van der Waals surface area (Å²) < 4.78 is 15.1. The second kappa shape index (κ2) is 7.88. The second-order valence-electron chi connectivity index (χ2n) is 7.40. The number of rotatable bonds is 4. The van der Waals surface area contributed by atoms with E-state index < -0.39 is 0 Å². The van der Waals surface area contributed by atoms with Crippen LogP contribution in [0.1, 0.15) is 40.5 Å². The molecule has 0 unspecified atom stereocenters. The van der Waals surface area contributed by atoms with Crippen LogP contribution >= 0.6 is 12.4 Å². The Morgan fingerprint density at radius 1 is 1.10 bits per heavy atom. The Morgan fingerprint density at radius 2 is 1.87 bits per heavy atom. The third-order valence-electron chi connectivity index (χ3n) is 5.28. The summed E-state index contributed by atoms with van der Waals surface area (Å²) in [5.74, 6) is 0.0559. The first kappa shape index (κ1) is 20.0. The summed E-state index contributed by atoms with van der Waals surface area (Å²) in [6, 6.07) is 13.4. The molecule has 7 heteroatoms. The zero-order valence-corrected chi connectivity index (χ0v) is 17.1. The van der Waals surface area contributed by atoms with Gasteiger partial charge in [0.2, 0.25) is 0 Å². The van der Waals surface area contributed by atoms with Gasteiger partial charge < -0.3 is 9.72 Å². The van der Waals surface area contributed by atoms with Crippen molar-refractivity contribution in [1.82, 2.24) is 14.4 Å². The van der Waals surface area contributed by atoms with Crippen LogP contribution in [-0.4, -0.2) is 20.3 Å². The number of amides is 1. The lowest BCUT2D eigenvalue weighted by Gasteiger charge is -2.07. The molecule has 1 amide bonds. The molecule has 152 valence electrons. The molecule has 1 fully saturated rings. The smallest absolute Gasteiger partial charge is 0.257 e. The summed E-state index contributed by atoms with van der Waals surface area (Å²) in [5.41, 5.74) is 5.83. The molecule has 0 spiro atoms. The number of hydrogen-bond acceptors (Lipinski definition) is 3. The van der Waals surface area contributed by atoms with Gasteiger partial charge in [0.05, 0.1) is 22.6 Å². The van der Waals surface area contributed by atoms with Crippen LogP contribution in [0.25, 0.3) is 16.9 Å². The highest BCUT2D eigenvalue weighted by Crippen LogP contribution is 2.41. The van der Waals surface area contributed by atoms with E-state index in [4.69, 9.17) is 4.98 Å². The summed E-state index contributed by atoms with van der Waals surface area (Å²) in [7, 11) is 0. The normalized spacial score (nSPS) is 13.1. The fraction of sp³-hybridized carbons (Fsp3) is 0.174.